The van der Waals surface area contributed by atoms with Crippen molar-refractivity contribution in [2.24, 2.45) is 5.92 Å². The minimum Gasteiger partial charge on any atom is -0.474 e. The van der Waals surface area contributed by atoms with E-state index in [1.54, 1.807) is 30.3 Å². The number of benzene rings is 1. The molecule has 1 atom stereocenters. The van der Waals surface area contributed by atoms with Gasteiger partial charge in [0.2, 0.25) is 11.8 Å². The van der Waals surface area contributed by atoms with Crippen LogP contribution in [0.4, 0.5) is 5.69 Å². The molecule has 2 aromatic rings. The molecule has 2 amide bonds. The first-order chi connectivity index (χ1) is 14.5. The number of hydrogen-bond acceptors (Lipinski definition) is 5. The van der Waals surface area contributed by atoms with Crippen LogP contribution in [0, 0.1) is 19.8 Å². The molecule has 1 aliphatic heterocycles. The van der Waals surface area contributed by atoms with Crippen molar-refractivity contribution in [1.82, 2.24) is 9.88 Å². The van der Waals surface area contributed by atoms with E-state index in [4.69, 9.17) is 9.47 Å². The predicted octanol–water partition coefficient (Wildman–Crippen LogP) is 3.21. The lowest BCUT2D eigenvalue weighted by Gasteiger charge is -2.32. The molecule has 7 heteroatoms. The van der Waals surface area contributed by atoms with E-state index >= 15 is 0 Å². The zero-order valence-electron chi connectivity index (χ0n) is 17.8. The molecular formula is C23H29N3O4. The summed E-state index contributed by atoms with van der Waals surface area (Å²) in [4.78, 5) is 31.9. The number of hydrogen-bond donors (Lipinski definition) is 1. The van der Waals surface area contributed by atoms with Crippen LogP contribution in [0.1, 0.15) is 34.3 Å². The van der Waals surface area contributed by atoms with Crippen molar-refractivity contribution in [3.8, 4) is 5.88 Å². The predicted molar refractivity (Wildman–Crippen MR) is 115 cm³/mol. The number of ether oxygens (including phenoxy) is 2. The molecule has 0 aliphatic carbocycles. The first-order valence-corrected chi connectivity index (χ1v) is 10.2. The van der Waals surface area contributed by atoms with Crippen LogP contribution in [-0.4, -0.2) is 55.1 Å². The highest BCUT2D eigenvalue weighted by Gasteiger charge is 2.29. The van der Waals surface area contributed by atoms with Gasteiger partial charge >= 0.3 is 0 Å². The molecule has 30 heavy (non-hydrogen) atoms. The first-order valence-electron chi connectivity index (χ1n) is 10.2. The maximum atomic E-state index is 13.0. The fourth-order valence-electron chi connectivity index (χ4n) is 3.71. The Morgan fingerprint density at radius 3 is 2.70 bits per heavy atom. The topological polar surface area (TPSA) is 80.8 Å². The summed E-state index contributed by atoms with van der Waals surface area (Å²) < 4.78 is 10.6. The molecule has 1 unspecified atom stereocenters. The van der Waals surface area contributed by atoms with Crippen LogP contribution in [0.15, 0.2) is 36.5 Å². The molecular weight excluding hydrogens is 382 g/mol. The number of aromatic nitrogens is 1. The fourth-order valence-corrected chi connectivity index (χ4v) is 3.71. The number of methoxy groups -OCH3 is 1. The lowest BCUT2D eigenvalue weighted by atomic mass is 9.96. The van der Waals surface area contributed by atoms with Crippen molar-refractivity contribution in [3.05, 3.63) is 53.2 Å². The van der Waals surface area contributed by atoms with Crippen LogP contribution in [0.5, 0.6) is 5.88 Å². The van der Waals surface area contributed by atoms with Gasteiger partial charge in [0, 0.05) is 32.0 Å². The first kappa shape index (κ1) is 21.8. The normalized spacial score (nSPS) is 16.2. The number of carbonyl (C=O) groups excluding carboxylic acids is 2. The molecule has 1 aromatic heterocycles. The Morgan fingerprint density at radius 2 is 1.97 bits per heavy atom. The van der Waals surface area contributed by atoms with Gasteiger partial charge in [-0.2, -0.15) is 0 Å². The SMILES string of the molecule is COCCOc1ncccc1NC(=O)C1CCCN(C(=O)c2cc(C)cc(C)c2)C1. The summed E-state index contributed by atoms with van der Waals surface area (Å²) in [6, 6.07) is 9.35. The summed E-state index contributed by atoms with van der Waals surface area (Å²) >= 11 is 0. The molecule has 1 fully saturated rings. The molecule has 1 saturated heterocycles. The van der Waals surface area contributed by atoms with E-state index in [0.29, 0.717) is 43.4 Å². The van der Waals surface area contributed by atoms with Gasteiger partial charge in [-0.15, -0.1) is 0 Å². The van der Waals surface area contributed by atoms with Gasteiger partial charge in [-0.1, -0.05) is 17.2 Å². The van der Waals surface area contributed by atoms with E-state index in [-0.39, 0.29) is 17.7 Å². The molecule has 1 aromatic carbocycles. The van der Waals surface area contributed by atoms with Gasteiger partial charge in [0.1, 0.15) is 12.3 Å². The van der Waals surface area contributed by atoms with Crippen LogP contribution in [0.25, 0.3) is 0 Å². The largest absolute Gasteiger partial charge is 0.474 e. The number of nitrogens with zero attached hydrogens (tertiary/aromatic N) is 2. The van der Waals surface area contributed by atoms with Gasteiger partial charge in [0.05, 0.1) is 12.5 Å². The average Bonchev–Trinajstić information content (AvgIpc) is 2.74. The number of piperidine rings is 1. The van der Waals surface area contributed by atoms with Crippen LogP contribution < -0.4 is 10.1 Å². The van der Waals surface area contributed by atoms with Crippen molar-refractivity contribution < 1.29 is 19.1 Å². The van der Waals surface area contributed by atoms with E-state index in [0.717, 1.165) is 24.0 Å². The quantitative estimate of drug-likeness (QED) is 0.708. The summed E-state index contributed by atoms with van der Waals surface area (Å²) in [7, 11) is 1.60. The average molecular weight is 412 g/mol. The van der Waals surface area contributed by atoms with Gasteiger partial charge in [-0.25, -0.2) is 4.98 Å². The van der Waals surface area contributed by atoms with Gasteiger partial charge in [0.15, 0.2) is 0 Å². The Hall–Kier alpha value is -2.93. The molecule has 2 heterocycles. The molecule has 0 radical (unpaired) electrons. The number of nitrogens with one attached hydrogen (secondary N) is 1. The molecule has 0 saturated carbocycles. The standard InChI is InChI=1S/C23H29N3O4/c1-16-12-17(2)14-19(13-16)23(28)26-9-5-6-18(15-26)21(27)25-20-7-4-8-24-22(20)30-11-10-29-3/h4,7-8,12-14,18H,5-6,9-11,15H2,1-3H3,(H,25,27). The number of anilines is 1. The molecule has 0 bridgehead atoms. The van der Waals surface area contributed by atoms with E-state index in [1.165, 1.54) is 0 Å². The summed E-state index contributed by atoms with van der Waals surface area (Å²) in [5.41, 5.74) is 3.32. The Balaban J connectivity index is 1.65. The lowest BCUT2D eigenvalue weighted by molar-refractivity contribution is -0.121. The van der Waals surface area contributed by atoms with Gasteiger partial charge in [0.25, 0.3) is 5.91 Å². The van der Waals surface area contributed by atoms with Gasteiger partial charge < -0.3 is 19.7 Å². The van der Waals surface area contributed by atoms with Crippen LogP contribution >= 0.6 is 0 Å². The highest BCUT2D eigenvalue weighted by molar-refractivity contribution is 5.97. The molecule has 7 nitrogen and oxygen atoms in total. The maximum absolute atomic E-state index is 13.0. The second kappa shape index (κ2) is 10.2. The van der Waals surface area contributed by atoms with E-state index in [2.05, 4.69) is 10.3 Å². The number of rotatable bonds is 7. The summed E-state index contributed by atoms with van der Waals surface area (Å²) in [5.74, 6) is -0.0655. The second-order valence-electron chi connectivity index (χ2n) is 7.65. The number of amides is 2. The smallest absolute Gasteiger partial charge is 0.253 e. The number of likely N-dealkylation sites (tertiary alicyclic amines) is 1. The highest BCUT2D eigenvalue weighted by Crippen LogP contribution is 2.25. The second-order valence-corrected chi connectivity index (χ2v) is 7.65. The van der Waals surface area contributed by atoms with Crippen molar-refractivity contribution in [1.29, 1.82) is 0 Å². The zero-order valence-corrected chi connectivity index (χ0v) is 17.8. The van der Waals surface area contributed by atoms with Crippen LogP contribution in [-0.2, 0) is 9.53 Å². The van der Waals surface area contributed by atoms with E-state index in [1.807, 2.05) is 32.0 Å². The molecule has 0 spiro atoms. The number of pyridine rings is 1. The molecule has 160 valence electrons. The van der Waals surface area contributed by atoms with Crippen molar-refractivity contribution in [2.45, 2.75) is 26.7 Å². The zero-order chi connectivity index (χ0) is 21.5. The van der Waals surface area contributed by atoms with Crippen molar-refractivity contribution in [2.75, 3.05) is 38.7 Å². The Morgan fingerprint density at radius 1 is 1.20 bits per heavy atom. The lowest BCUT2D eigenvalue weighted by Crippen LogP contribution is -2.43. The summed E-state index contributed by atoms with van der Waals surface area (Å²) in [6.07, 6.45) is 3.14. The molecule has 1 aliphatic rings. The third kappa shape index (κ3) is 5.57. The van der Waals surface area contributed by atoms with Crippen molar-refractivity contribution >= 4 is 17.5 Å². The fraction of sp³-hybridized carbons (Fsp3) is 0.435. The van der Waals surface area contributed by atoms with Gasteiger partial charge in [-0.3, -0.25) is 9.59 Å². The monoisotopic (exact) mass is 411 g/mol. The summed E-state index contributed by atoms with van der Waals surface area (Å²) in [5, 5.41) is 2.92. The van der Waals surface area contributed by atoms with Crippen LogP contribution in [0.2, 0.25) is 0 Å². The van der Waals surface area contributed by atoms with E-state index < -0.39 is 0 Å². The van der Waals surface area contributed by atoms with E-state index in [9.17, 15) is 9.59 Å². The summed E-state index contributed by atoms with van der Waals surface area (Å²) in [6.45, 7) is 5.80. The Labute approximate surface area is 177 Å². The number of carbonyl (C=O) groups is 2. The third-order valence-electron chi connectivity index (χ3n) is 5.10. The minimum atomic E-state index is -0.277. The van der Waals surface area contributed by atoms with Crippen molar-refractivity contribution in [3.63, 3.8) is 0 Å². The minimum absolute atomic E-state index is 0.0238. The van der Waals surface area contributed by atoms with Crippen LogP contribution in [0.3, 0.4) is 0 Å². The number of aryl methyl sites for hydroxylation is 2. The Bertz CT molecular complexity index is 880. The third-order valence-corrected chi connectivity index (χ3v) is 5.10. The van der Waals surface area contributed by atoms with Gasteiger partial charge in [-0.05, 0) is 51.0 Å². The molecule has 3 rings (SSSR count). The maximum Gasteiger partial charge on any atom is 0.253 e. The highest BCUT2D eigenvalue weighted by atomic mass is 16.5. The molecule has 1 N–H and O–H groups in total. The Kier molecular flexibility index (Phi) is 7.41.